The second-order valence-corrected chi connectivity index (χ2v) is 4.00. The Bertz CT molecular complexity index is 474. The molecule has 0 radical (unpaired) electrons. The summed E-state index contributed by atoms with van der Waals surface area (Å²) in [5.74, 6) is 0. The molecule has 0 fully saturated rings. The van der Waals surface area contributed by atoms with Crippen molar-refractivity contribution in [1.29, 1.82) is 0 Å². The molecular weight excluding hydrogens is 229 g/mol. The van der Waals surface area contributed by atoms with Gasteiger partial charge >= 0.3 is 0 Å². The second kappa shape index (κ2) is 4.13. The number of benzene rings is 2. The van der Waals surface area contributed by atoms with Crippen LogP contribution in [0.3, 0.4) is 0 Å². The number of hydrogen-bond donors (Lipinski definition) is 1. The first-order chi connectivity index (χ1) is 7.20. The molecule has 0 amide bonds. The molecule has 0 aliphatic rings. The summed E-state index contributed by atoms with van der Waals surface area (Å²) >= 11 is 12.2. The first kappa shape index (κ1) is 10.3. The van der Waals surface area contributed by atoms with Crippen LogP contribution in [0.5, 0.6) is 0 Å². The number of halogens is 2. The van der Waals surface area contributed by atoms with Gasteiger partial charge in [-0.05, 0) is 18.2 Å². The van der Waals surface area contributed by atoms with Crippen molar-refractivity contribution in [1.82, 2.24) is 0 Å². The highest BCUT2D eigenvalue weighted by molar-refractivity contribution is 6.37. The van der Waals surface area contributed by atoms with Crippen LogP contribution in [0.15, 0.2) is 42.5 Å². The van der Waals surface area contributed by atoms with E-state index in [1.165, 1.54) is 0 Å². The van der Waals surface area contributed by atoms with Gasteiger partial charge in [-0.15, -0.1) is 0 Å². The molecule has 0 saturated carbocycles. The molecule has 0 bridgehead atoms. The Morgan fingerprint density at radius 1 is 0.800 bits per heavy atom. The van der Waals surface area contributed by atoms with Crippen LogP contribution in [0.1, 0.15) is 0 Å². The average Bonchev–Trinajstić information content (AvgIpc) is 2.20. The summed E-state index contributed by atoms with van der Waals surface area (Å²) in [5.41, 5.74) is 8.17. The molecule has 0 spiro atoms. The Hall–Kier alpha value is -1.18. The largest absolute Gasteiger partial charge is 0.398 e. The van der Waals surface area contributed by atoms with Crippen molar-refractivity contribution in [3.63, 3.8) is 0 Å². The standard InChI is InChI=1S/C12H9Cl2N/c13-9-5-2-1-4-8(9)12-10(14)6-3-7-11(12)15/h1-7H,15H2. The lowest BCUT2D eigenvalue weighted by atomic mass is 10.0. The van der Waals surface area contributed by atoms with Crippen LogP contribution in [-0.4, -0.2) is 0 Å². The van der Waals surface area contributed by atoms with Gasteiger partial charge in [0.25, 0.3) is 0 Å². The molecule has 3 heteroatoms. The van der Waals surface area contributed by atoms with Crippen molar-refractivity contribution >= 4 is 28.9 Å². The number of nitrogens with two attached hydrogens (primary N) is 1. The number of hydrogen-bond acceptors (Lipinski definition) is 1. The fourth-order valence-electron chi connectivity index (χ4n) is 1.49. The van der Waals surface area contributed by atoms with Crippen molar-refractivity contribution in [3.8, 4) is 11.1 Å². The number of nitrogen functional groups attached to an aromatic ring is 1. The summed E-state index contributed by atoms with van der Waals surface area (Å²) in [7, 11) is 0. The molecule has 2 aromatic rings. The monoisotopic (exact) mass is 237 g/mol. The maximum absolute atomic E-state index is 6.10. The summed E-state index contributed by atoms with van der Waals surface area (Å²) in [6.45, 7) is 0. The van der Waals surface area contributed by atoms with Crippen LogP contribution in [0.4, 0.5) is 5.69 Å². The second-order valence-electron chi connectivity index (χ2n) is 3.18. The minimum atomic E-state index is 0.614. The van der Waals surface area contributed by atoms with Crippen molar-refractivity contribution in [2.24, 2.45) is 0 Å². The van der Waals surface area contributed by atoms with E-state index in [0.29, 0.717) is 15.7 Å². The van der Waals surface area contributed by atoms with E-state index in [1.807, 2.05) is 36.4 Å². The van der Waals surface area contributed by atoms with Crippen LogP contribution in [0.25, 0.3) is 11.1 Å². The molecule has 0 aromatic heterocycles. The van der Waals surface area contributed by atoms with Crippen molar-refractivity contribution in [2.75, 3.05) is 5.73 Å². The third-order valence-corrected chi connectivity index (χ3v) is 2.83. The Labute approximate surface area is 98.4 Å². The van der Waals surface area contributed by atoms with Gasteiger partial charge in [0.15, 0.2) is 0 Å². The molecule has 2 rings (SSSR count). The lowest BCUT2D eigenvalue weighted by molar-refractivity contribution is 1.61. The highest BCUT2D eigenvalue weighted by Crippen LogP contribution is 2.36. The lowest BCUT2D eigenvalue weighted by Gasteiger charge is -2.09. The Kier molecular flexibility index (Phi) is 2.85. The van der Waals surface area contributed by atoms with E-state index in [-0.39, 0.29) is 0 Å². The summed E-state index contributed by atoms with van der Waals surface area (Å²) in [4.78, 5) is 0. The topological polar surface area (TPSA) is 26.0 Å². The molecule has 1 nitrogen and oxygen atoms in total. The molecule has 15 heavy (non-hydrogen) atoms. The van der Waals surface area contributed by atoms with E-state index in [0.717, 1.165) is 11.1 Å². The highest BCUT2D eigenvalue weighted by atomic mass is 35.5. The van der Waals surface area contributed by atoms with E-state index in [4.69, 9.17) is 28.9 Å². The third-order valence-electron chi connectivity index (χ3n) is 2.19. The van der Waals surface area contributed by atoms with E-state index in [9.17, 15) is 0 Å². The van der Waals surface area contributed by atoms with Gasteiger partial charge in [0.1, 0.15) is 0 Å². The minimum absolute atomic E-state index is 0.614. The zero-order valence-corrected chi connectivity index (χ0v) is 9.39. The van der Waals surface area contributed by atoms with Crippen molar-refractivity contribution in [3.05, 3.63) is 52.5 Å². The first-order valence-corrected chi connectivity index (χ1v) is 5.24. The molecule has 2 aromatic carbocycles. The van der Waals surface area contributed by atoms with Crippen LogP contribution >= 0.6 is 23.2 Å². The molecule has 0 atom stereocenters. The predicted octanol–water partition coefficient (Wildman–Crippen LogP) is 4.24. The quantitative estimate of drug-likeness (QED) is 0.738. The fraction of sp³-hybridized carbons (Fsp3) is 0. The molecule has 76 valence electrons. The van der Waals surface area contributed by atoms with Crippen LogP contribution in [-0.2, 0) is 0 Å². The summed E-state index contributed by atoms with van der Waals surface area (Å²) in [5, 5.41) is 1.26. The van der Waals surface area contributed by atoms with Crippen LogP contribution in [0.2, 0.25) is 10.0 Å². The normalized spacial score (nSPS) is 10.3. The van der Waals surface area contributed by atoms with E-state index in [1.54, 1.807) is 6.07 Å². The van der Waals surface area contributed by atoms with E-state index >= 15 is 0 Å². The Morgan fingerprint density at radius 2 is 1.47 bits per heavy atom. The van der Waals surface area contributed by atoms with Gasteiger partial charge in [0.05, 0.1) is 5.02 Å². The van der Waals surface area contributed by atoms with Gasteiger partial charge in [-0.3, -0.25) is 0 Å². The molecule has 2 N–H and O–H groups in total. The van der Waals surface area contributed by atoms with Gasteiger partial charge < -0.3 is 5.73 Å². The summed E-state index contributed by atoms with van der Waals surface area (Å²) in [6.07, 6.45) is 0. The average molecular weight is 238 g/mol. The maximum Gasteiger partial charge on any atom is 0.0505 e. The molecule has 0 unspecified atom stereocenters. The molecule has 0 saturated heterocycles. The maximum atomic E-state index is 6.10. The van der Waals surface area contributed by atoms with Crippen molar-refractivity contribution in [2.45, 2.75) is 0 Å². The SMILES string of the molecule is Nc1cccc(Cl)c1-c1ccccc1Cl. The lowest BCUT2D eigenvalue weighted by Crippen LogP contribution is -1.91. The van der Waals surface area contributed by atoms with Gasteiger partial charge in [-0.2, -0.15) is 0 Å². The minimum Gasteiger partial charge on any atom is -0.398 e. The summed E-state index contributed by atoms with van der Waals surface area (Å²) < 4.78 is 0. The van der Waals surface area contributed by atoms with Gasteiger partial charge in [-0.25, -0.2) is 0 Å². The Morgan fingerprint density at radius 3 is 2.13 bits per heavy atom. The highest BCUT2D eigenvalue weighted by Gasteiger charge is 2.09. The zero-order chi connectivity index (χ0) is 10.8. The number of anilines is 1. The van der Waals surface area contributed by atoms with Gasteiger partial charge in [-0.1, -0.05) is 47.5 Å². The smallest absolute Gasteiger partial charge is 0.0505 e. The molecule has 0 heterocycles. The molecule has 0 aliphatic heterocycles. The third kappa shape index (κ3) is 1.94. The first-order valence-electron chi connectivity index (χ1n) is 4.49. The van der Waals surface area contributed by atoms with E-state index in [2.05, 4.69) is 0 Å². The number of rotatable bonds is 1. The Balaban J connectivity index is 2.69. The zero-order valence-electron chi connectivity index (χ0n) is 7.87. The van der Waals surface area contributed by atoms with Crippen LogP contribution in [0, 0.1) is 0 Å². The summed E-state index contributed by atoms with van der Waals surface area (Å²) in [6, 6.07) is 12.9. The molecule has 0 aliphatic carbocycles. The van der Waals surface area contributed by atoms with Gasteiger partial charge in [0.2, 0.25) is 0 Å². The predicted molar refractivity (Wildman–Crippen MR) is 66.3 cm³/mol. The van der Waals surface area contributed by atoms with Crippen molar-refractivity contribution < 1.29 is 0 Å². The van der Waals surface area contributed by atoms with Gasteiger partial charge in [0, 0.05) is 21.8 Å². The van der Waals surface area contributed by atoms with Crippen LogP contribution < -0.4 is 5.73 Å². The van der Waals surface area contributed by atoms with E-state index < -0.39 is 0 Å². The fourth-order valence-corrected chi connectivity index (χ4v) is 2.00. The molecular formula is C12H9Cl2N.